The number of esters is 1. The first kappa shape index (κ1) is 60.4. The Morgan fingerprint density at radius 1 is 0.701 bits per heavy atom. The minimum Gasteiger partial charge on any atom is -0.481 e. The number of aromatic nitrogens is 4. The number of hydrogen-bond acceptors (Lipinski definition) is 8. The number of ether oxygens (including phenoxy) is 1. The van der Waals surface area contributed by atoms with Crippen molar-refractivity contribution < 1.29 is 33.8 Å². The van der Waals surface area contributed by atoms with E-state index in [1.807, 2.05) is 64.0 Å². The number of benzene rings is 2. The monoisotopic (exact) mass is 1000 g/mol. The molecule has 2 aromatic carbocycles. The summed E-state index contributed by atoms with van der Waals surface area (Å²) in [5, 5.41) is 11.5. The molecule has 7 radical (unpaired) electrons. The van der Waals surface area contributed by atoms with E-state index in [0.29, 0.717) is 43.5 Å². The summed E-state index contributed by atoms with van der Waals surface area (Å²) in [6.45, 7) is 7.85. The molecule has 22 heteroatoms. The average molecular weight is 1000 g/mol. The van der Waals surface area contributed by atoms with Gasteiger partial charge in [0.05, 0.1) is 52.8 Å². The van der Waals surface area contributed by atoms with Gasteiger partial charge in [0.2, 0.25) is 5.91 Å². The number of carbonyl (C=O) groups is 3. The van der Waals surface area contributed by atoms with Crippen LogP contribution in [0.1, 0.15) is 77.1 Å². The predicted octanol–water partition coefficient (Wildman–Crippen LogP) is 9.50. The van der Waals surface area contributed by atoms with Gasteiger partial charge in [0, 0.05) is 89.7 Å². The topological polar surface area (TPSA) is 153 Å². The van der Waals surface area contributed by atoms with Crippen molar-refractivity contribution in [2.75, 3.05) is 20.2 Å². The minimum absolute atomic E-state index is 0. The van der Waals surface area contributed by atoms with Gasteiger partial charge in [-0.1, -0.05) is 111 Å². The van der Waals surface area contributed by atoms with Crippen LogP contribution in [0, 0.1) is 0 Å². The van der Waals surface area contributed by atoms with E-state index in [0.717, 1.165) is 66.9 Å². The lowest BCUT2D eigenvalue weighted by molar-refractivity contribution is -0.191. The lowest BCUT2D eigenvalue weighted by Gasteiger charge is -2.21. The molecule has 347 valence electrons. The zero-order valence-corrected chi connectivity index (χ0v) is 41.6. The van der Waals surface area contributed by atoms with E-state index < -0.39 is 12.4 Å². The van der Waals surface area contributed by atoms with Crippen LogP contribution in [0.25, 0.3) is 33.8 Å². The molecule has 67 heavy (non-hydrogen) atoms. The summed E-state index contributed by atoms with van der Waals surface area (Å²) in [6, 6.07) is 21.8. The van der Waals surface area contributed by atoms with Crippen LogP contribution in [0.4, 0.5) is 0 Å². The largest absolute Gasteiger partial charge is 0.481 e. The van der Waals surface area contributed by atoms with Crippen LogP contribution in [-0.2, 0) is 41.6 Å². The molecule has 0 unspecified atom stereocenters. The van der Waals surface area contributed by atoms with Gasteiger partial charge in [-0.2, -0.15) is 9.59 Å². The predicted molar refractivity (Wildman–Crippen MR) is 275 cm³/mol. The van der Waals surface area contributed by atoms with E-state index in [-0.39, 0.29) is 43.3 Å². The third-order valence-corrected chi connectivity index (χ3v) is 10.2. The Labute approximate surface area is 423 Å². The fourth-order valence-electron chi connectivity index (χ4n) is 6.25. The highest BCUT2D eigenvalue weighted by atomic mass is 35.5. The summed E-state index contributed by atoms with van der Waals surface area (Å²) < 4.78 is 8.12. The molecule has 0 fully saturated rings. The lowest BCUT2D eigenvalue weighted by atomic mass is 8.97. The normalized spacial score (nSPS) is 9.91. The number of amides is 1. The van der Waals surface area contributed by atoms with Crippen LogP contribution in [-0.4, -0.2) is 110 Å². The van der Waals surface area contributed by atoms with Crippen LogP contribution in [0.2, 0.25) is 20.1 Å². The second-order valence-corrected chi connectivity index (χ2v) is 16.1. The zero-order chi connectivity index (χ0) is 49.2. The Morgan fingerprint density at radius 2 is 1.10 bits per heavy atom. The van der Waals surface area contributed by atoms with Crippen molar-refractivity contribution >= 4 is 131 Å². The molecule has 1 amide bonds. The summed E-state index contributed by atoms with van der Waals surface area (Å²) in [5.74, 6) is -0.904. The quantitative estimate of drug-likeness (QED) is 0.0568. The Kier molecular flexibility index (Phi) is 29.7. The molecule has 1 N–H and O–H groups in total. The first-order chi connectivity index (χ1) is 31.6. The number of carbonyl (C=O) groups excluding carboxylic acids is 4. The number of nitrogens with zero attached hydrogens (tertiary/aromatic N) is 5. The van der Waals surface area contributed by atoms with E-state index in [4.69, 9.17) is 89.3 Å². The molecule has 0 aliphatic rings. The van der Waals surface area contributed by atoms with Gasteiger partial charge in [-0.25, -0.2) is 9.97 Å². The molecule has 4 aromatic heterocycles. The second kappa shape index (κ2) is 33.0. The standard InChI is InChI=1S/C21H23Cl2N3O.C15H10Cl2N2O2.C8H16O2.CO2.B5.ClH/c1-3-11-25(12-4-2)20(27)13-18-21(15-5-7-16(22)8-6-15)24-19-10-9-17(23)14-26(18)19;16-10-3-1-9(2-4-10)15-12(7-14(20)21)19-8-11(17)5-6-13(19)18-15;1-3-4-5-6-7-8(9)10-2;2-1-3;1-4-5(2)3;/h5-10,14H,3-4,11-13H2,1-2H3;1-6,8H,7H2,(H,20,21);3-7H2,1-2H3;;;1H. The molecule has 0 aliphatic heterocycles. The first-order valence-corrected chi connectivity index (χ1v) is 22.5. The molecule has 0 saturated heterocycles. The Morgan fingerprint density at radius 3 is 1.46 bits per heavy atom. The van der Waals surface area contributed by atoms with E-state index in [1.165, 1.54) is 27.0 Å². The summed E-state index contributed by atoms with van der Waals surface area (Å²) in [7, 11) is 17.2. The number of rotatable bonds is 16. The van der Waals surface area contributed by atoms with Crippen molar-refractivity contribution in [2.24, 2.45) is 0 Å². The van der Waals surface area contributed by atoms with Crippen molar-refractivity contribution in [1.82, 2.24) is 23.7 Å². The third kappa shape index (κ3) is 21.1. The molecular weight excluding hydrogens is 954 g/mol. The van der Waals surface area contributed by atoms with Crippen molar-refractivity contribution in [3.63, 3.8) is 0 Å². The van der Waals surface area contributed by atoms with Crippen molar-refractivity contribution in [2.45, 2.75) is 78.6 Å². The van der Waals surface area contributed by atoms with Crippen LogP contribution in [0.15, 0.2) is 85.2 Å². The molecule has 4 heterocycles. The van der Waals surface area contributed by atoms with Gasteiger partial charge in [0.1, 0.15) is 11.3 Å². The molecular formula is C45H50B5Cl5N5O7. The van der Waals surface area contributed by atoms with E-state index in [1.54, 1.807) is 34.9 Å². The van der Waals surface area contributed by atoms with Gasteiger partial charge < -0.3 is 23.5 Å². The third-order valence-electron chi connectivity index (χ3n) is 9.26. The van der Waals surface area contributed by atoms with Crippen molar-refractivity contribution in [3.05, 3.63) is 117 Å². The molecule has 6 aromatic rings. The SMILES string of the molecule is CCCCCCC(=O)OC.CCCN(CCC)C(=O)Cc1c(-c2ccc(Cl)cc2)nc2ccc(Cl)cn12.Cl.O=C(O)Cc1c(-c2ccc(Cl)cc2)nc2ccc(Cl)cn12.O=C=O.[B][B]B([B])[B]. The van der Waals surface area contributed by atoms with Crippen molar-refractivity contribution in [1.29, 1.82) is 0 Å². The minimum atomic E-state index is -0.924. The molecule has 0 bridgehead atoms. The second-order valence-electron chi connectivity index (χ2n) is 14.3. The highest BCUT2D eigenvalue weighted by molar-refractivity contribution is 7.60. The fraction of sp³-hybridized carbons (Fsp3) is 0.333. The maximum Gasteiger partial charge on any atom is 0.373 e. The number of unbranched alkanes of at least 4 members (excludes halogenated alkanes) is 3. The van der Waals surface area contributed by atoms with E-state index in [2.05, 4.69) is 30.5 Å². The molecule has 0 atom stereocenters. The number of pyridine rings is 2. The molecule has 0 aliphatic carbocycles. The average Bonchev–Trinajstić information content (AvgIpc) is 3.82. The number of carboxylic acid groups (broad SMARTS) is 1. The number of imidazole rings is 2. The smallest absolute Gasteiger partial charge is 0.373 e. The van der Waals surface area contributed by atoms with Crippen LogP contribution in [0.5, 0.6) is 0 Å². The van der Waals surface area contributed by atoms with Crippen LogP contribution in [0.3, 0.4) is 0 Å². The summed E-state index contributed by atoms with van der Waals surface area (Å²) in [6.07, 6.45) is 10.4. The van der Waals surface area contributed by atoms with Gasteiger partial charge in [-0.05, 0) is 67.8 Å². The lowest BCUT2D eigenvalue weighted by Crippen LogP contribution is -2.34. The molecule has 0 spiro atoms. The number of halogens is 5. The van der Waals surface area contributed by atoms with Crippen molar-refractivity contribution in [3.8, 4) is 22.5 Å². The highest BCUT2D eigenvalue weighted by Crippen LogP contribution is 2.29. The number of aliphatic carboxylic acids is 1. The Bertz CT molecular complexity index is 2470. The van der Waals surface area contributed by atoms with Gasteiger partial charge in [0.25, 0.3) is 0 Å². The van der Waals surface area contributed by atoms with Gasteiger partial charge in [-0.3, -0.25) is 14.4 Å². The van der Waals surface area contributed by atoms with Crippen LogP contribution < -0.4 is 0 Å². The number of carboxylic acids is 1. The maximum absolute atomic E-state index is 13.0. The maximum atomic E-state index is 13.0. The molecule has 6 rings (SSSR count). The van der Waals surface area contributed by atoms with Gasteiger partial charge in [-0.15, -0.1) is 12.4 Å². The van der Waals surface area contributed by atoms with Gasteiger partial charge >= 0.3 is 18.1 Å². The summed E-state index contributed by atoms with van der Waals surface area (Å²) >= 11 is 24.1. The molecule has 12 nitrogen and oxygen atoms in total. The fourth-order valence-corrected chi connectivity index (χ4v) is 6.82. The Balaban J connectivity index is 0.000000495. The van der Waals surface area contributed by atoms with Gasteiger partial charge in [0.15, 0.2) is 0 Å². The summed E-state index contributed by atoms with van der Waals surface area (Å²) in [4.78, 5) is 62.1. The first-order valence-electron chi connectivity index (χ1n) is 21.0. The van der Waals surface area contributed by atoms with E-state index in [9.17, 15) is 14.4 Å². The zero-order valence-electron chi connectivity index (χ0n) is 37.8. The summed E-state index contributed by atoms with van der Waals surface area (Å²) in [5.41, 5.74) is 6.01. The Hall–Kier alpha value is -4.62. The number of fused-ring (bicyclic) bond motifs is 2. The highest BCUT2D eigenvalue weighted by Gasteiger charge is 2.21. The van der Waals surface area contributed by atoms with Crippen LogP contribution >= 0.6 is 58.8 Å². The number of hydrogen-bond donors (Lipinski definition) is 1. The molecule has 0 saturated carbocycles. The number of methoxy groups -OCH3 is 1. The van der Waals surface area contributed by atoms with E-state index >= 15 is 0 Å².